The molecule has 11 heavy (non-hydrogen) atoms. The van der Waals surface area contributed by atoms with Gasteiger partial charge in [-0.15, -0.1) is 0 Å². The molecule has 0 amide bonds. The Bertz CT molecular complexity index is 134. The Morgan fingerprint density at radius 2 is 2.00 bits per heavy atom. The fourth-order valence-corrected chi connectivity index (χ4v) is 1.68. The Hall–Kier alpha value is -0.120. The Kier molecular flexibility index (Phi) is 2.23. The highest BCUT2D eigenvalue weighted by molar-refractivity contribution is 4.65. The molecule has 0 spiro atoms. The molecule has 0 saturated carbocycles. The van der Waals surface area contributed by atoms with Crippen LogP contribution in [0.25, 0.3) is 0 Å². The van der Waals surface area contributed by atoms with Crippen molar-refractivity contribution in [1.29, 1.82) is 0 Å². The largest absolute Gasteiger partial charge is 0.250 e. The summed E-state index contributed by atoms with van der Waals surface area (Å²) in [5.41, 5.74) is 0. The van der Waals surface area contributed by atoms with Crippen molar-refractivity contribution in [2.24, 2.45) is 0 Å². The van der Waals surface area contributed by atoms with Crippen LogP contribution in [-0.2, 0) is 0 Å². The Morgan fingerprint density at radius 3 is 2.18 bits per heavy atom. The van der Waals surface area contributed by atoms with E-state index in [0.717, 1.165) is 11.3 Å². The molecule has 1 aliphatic rings. The molecule has 0 radical (unpaired) electrons. The number of rotatable bonds is 1. The van der Waals surface area contributed by atoms with Crippen molar-refractivity contribution >= 4 is 0 Å². The SMILES string of the molecule is CC1C[N+](C)(N(C)C)CN1C. The first kappa shape index (κ1) is 8.97. The number of likely N-dealkylation sites (N-methyl/N-ethyl adjacent to an activating group) is 2. The number of hydrogen-bond donors (Lipinski definition) is 0. The van der Waals surface area contributed by atoms with E-state index in [-0.39, 0.29) is 0 Å². The highest BCUT2D eigenvalue weighted by Crippen LogP contribution is 2.18. The van der Waals surface area contributed by atoms with Gasteiger partial charge in [0.05, 0.1) is 13.1 Å². The van der Waals surface area contributed by atoms with E-state index in [9.17, 15) is 0 Å². The van der Waals surface area contributed by atoms with Crippen molar-refractivity contribution in [1.82, 2.24) is 9.91 Å². The third kappa shape index (κ3) is 1.55. The smallest absolute Gasteiger partial charge is 0.153 e. The maximum Gasteiger partial charge on any atom is 0.153 e. The molecule has 1 fully saturated rings. The summed E-state index contributed by atoms with van der Waals surface area (Å²) in [5.74, 6) is 0. The van der Waals surface area contributed by atoms with Crippen molar-refractivity contribution in [3.8, 4) is 0 Å². The summed E-state index contributed by atoms with van der Waals surface area (Å²) >= 11 is 0. The predicted octanol–water partition coefficient (Wildman–Crippen LogP) is 0.201. The summed E-state index contributed by atoms with van der Waals surface area (Å²) in [6, 6.07) is 0.711. The van der Waals surface area contributed by atoms with E-state index in [1.54, 1.807) is 0 Å². The van der Waals surface area contributed by atoms with E-state index in [0.29, 0.717) is 6.04 Å². The van der Waals surface area contributed by atoms with Crippen LogP contribution in [0.4, 0.5) is 0 Å². The predicted molar refractivity (Wildman–Crippen MR) is 46.8 cm³/mol. The van der Waals surface area contributed by atoms with Crippen LogP contribution in [0.3, 0.4) is 0 Å². The van der Waals surface area contributed by atoms with Crippen LogP contribution in [0.1, 0.15) is 6.92 Å². The van der Waals surface area contributed by atoms with Gasteiger partial charge < -0.3 is 0 Å². The summed E-state index contributed by atoms with van der Waals surface area (Å²) in [6.45, 7) is 4.64. The topological polar surface area (TPSA) is 6.48 Å². The summed E-state index contributed by atoms with van der Waals surface area (Å²) in [4.78, 5) is 2.40. The van der Waals surface area contributed by atoms with Gasteiger partial charge >= 0.3 is 0 Å². The zero-order valence-electron chi connectivity index (χ0n) is 8.33. The Balaban J connectivity index is 2.64. The Labute approximate surface area is 69.7 Å². The van der Waals surface area contributed by atoms with Gasteiger partial charge in [0.15, 0.2) is 6.67 Å². The first-order chi connectivity index (χ1) is 4.96. The fourth-order valence-electron chi connectivity index (χ4n) is 1.68. The second-order valence-corrected chi connectivity index (χ2v) is 4.12. The quantitative estimate of drug-likeness (QED) is 0.503. The van der Waals surface area contributed by atoms with Gasteiger partial charge in [-0.25, -0.2) is 9.49 Å². The lowest BCUT2D eigenvalue weighted by Gasteiger charge is -2.34. The van der Waals surface area contributed by atoms with E-state index < -0.39 is 0 Å². The normalized spacial score (nSPS) is 40.4. The molecule has 1 aliphatic heterocycles. The molecule has 0 N–H and O–H groups in total. The molecular formula is C8H20N3+. The second-order valence-electron chi connectivity index (χ2n) is 4.12. The third-order valence-corrected chi connectivity index (χ3v) is 2.90. The number of hydrogen-bond acceptors (Lipinski definition) is 2. The highest BCUT2D eigenvalue weighted by Gasteiger charge is 2.38. The van der Waals surface area contributed by atoms with Crippen LogP contribution in [0.2, 0.25) is 0 Å². The van der Waals surface area contributed by atoms with Crippen molar-refractivity contribution < 1.29 is 4.59 Å². The summed E-state index contributed by atoms with van der Waals surface area (Å²) in [5, 5.41) is 2.28. The number of quaternary nitrogens is 1. The second kappa shape index (κ2) is 2.73. The molecule has 0 aromatic rings. The zero-order valence-corrected chi connectivity index (χ0v) is 8.33. The highest BCUT2D eigenvalue weighted by atomic mass is 15.8. The van der Waals surface area contributed by atoms with Gasteiger partial charge in [-0.1, -0.05) is 0 Å². The molecule has 2 unspecified atom stereocenters. The summed E-state index contributed by atoms with van der Waals surface area (Å²) in [7, 11) is 8.76. The Morgan fingerprint density at radius 1 is 1.45 bits per heavy atom. The lowest BCUT2D eigenvalue weighted by Crippen LogP contribution is -2.53. The first-order valence-electron chi connectivity index (χ1n) is 4.18. The molecule has 0 aromatic carbocycles. The first-order valence-corrected chi connectivity index (χ1v) is 4.18. The maximum atomic E-state index is 2.40. The molecule has 3 heteroatoms. The molecular weight excluding hydrogens is 138 g/mol. The van der Waals surface area contributed by atoms with E-state index in [2.05, 4.69) is 45.0 Å². The van der Waals surface area contributed by atoms with Crippen molar-refractivity contribution in [2.75, 3.05) is 41.4 Å². The molecule has 3 nitrogen and oxygen atoms in total. The van der Waals surface area contributed by atoms with Crippen LogP contribution in [-0.4, -0.2) is 61.9 Å². The maximum absolute atomic E-state index is 2.40. The minimum absolute atomic E-state index is 0.711. The van der Waals surface area contributed by atoms with Crippen molar-refractivity contribution in [3.63, 3.8) is 0 Å². The van der Waals surface area contributed by atoms with Crippen LogP contribution in [0, 0.1) is 0 Å². The average molecular weight is 158 g/mol. The lowest BCUT2D eigenvalue weighted by molar-refractivity contribution is -1.01. The summed E-state index contributed by atoms with van der Waals surface area (Å²) in [6.07, 6.45) is 0. The monoisotopic (exact) mass is 158 g/mol. The van der Waals surface area contributed by atoms with Gasteiger partial charge in [-0.2, -0.15) is 5.01 Å². The van der Waals surface area contributed by atoms with Gasteiger partial charge in [0.25, 0.3) is 0 Å². The minimum Gasteiger partial charge on any atom is -0.250 e. The van der Waals surface area contributed by atoms with E-state index in [1.165, 1.54) is 6.54 Å². The fraction of sp³-hybridized carbons (Fsp3) is 1.00. The lowest BCUT2D eigenvalue weighted by atomic mass is 10.3. The molecule has 0 aromatic heterocycles. The van der Waals surface area contributed by atoms with Gasteiger partial charge in [0.1, 0.15) is 6.54 Å². The van der Waals surface area contributed by atoms with E-state index in [1.807, 2.05) is 0 Å². The van der Waals surface area contributed by atoms with Crippen molar-refractivity contribution in [2.45, 2.75) is 13.0 Å². The van der Waals surface area contributed by atoms with Crippen LogP contribution >= 0.6 is 0 Å². The molecule has 2 atom stereocenters. The minimum atomic E-state index is 0.711. The van der Waals surface area contributed by atoms with E-state index >= 15 is 0 Å². The van der Waals surface area contributed by atoms with Gasteiger partial charge in [0.2, 0.25) is 0 Å². The molecule has 66 valence electrons. The number of nitrogens with zero attached hydrogens (tertiary/aromatic N) is 3. The standard InChI is InChI=1S/C8H20N3/c1-8-6-11(5,9(2)3)7-10(8)4/h8H,6-7H2,1-5H3/q+1. The average Bonchev–Trinajstić information content (AvgIpc) is 2.09. The third-order valence-electron chi connectivity index (χ3n) is 2.90. The molecule has 1 saturated heterocycles. The molecule has 0 bridgehead atoms. The van der Waals surface area contributed by atoms with Crippen molar-refractivity contribution in [3.05, 3.63) is 0 Å². The zero-order chi connectivity index (χ0) is 8.65. The molecule has 1 heterocycles. The van der Waals surface area contributed by atoms with Gasteiger partial charge in [0, 0.05) is 14.1 Å². The summed E-state index contributed by atoms with van der Waals surface area (Å²) < 4.78 is 1.04. The van der Waals surface area contributed by atoms with E-state index in [4.69, 9.17) is 0 Å². The van der Waals surface area contributed by atoms with Crippen LogP contribution in [0.15, 0.2) is 0 Å². The van der Waals surface area contributed by atoms with Gasteiger partial charge in [-0.3, -0.25) is 0 Å². The molecule has 1 rings (SSSR count). The van der Waals surface area contributed by atoms with Crippen LogP contribution < -0.4 is 0 Å². The van der Waals surface area contributed by atoms with Gasteiger partial charge in [-0.05, 0) is 14.0 Å². The molecule has 0 aliphatic carbocycles. The van der Waals surface area contributed by atoms with Crippen LogP contribution in [0.5, 0.6) is 0 Å².